The van der Waals surface area contributed by atoms with E-state index in [4.69, 9.17) is 0 Å². The van der Waals surface area contributed by atoms with Crippen molar-refractivity contribution < 1.29 is 9.18 Å². The molecule has 1 aromatic rings. The molecule has 2 rings (SSSR count). The first kappa shape index (κ1) is 13.8. The van der Waals surface area contributed by atoms with Gasteiger partial charge in [-0.05, 0) is 30.7 Å². The molecule has 4 nitrogen and oxygen atoms in total. The van der Waals surface area contributed by atoms with Crippen molar-refractivity contribution in [2.24, 2.45) is 11.8 Å². The zero-order valence-electron chi connectivity index (χ0n) is 11.4. The number of nitrogens with zero attached hydrogens (tertiary/aromatic N) is 1. The highest BCUT2D eigenvalue weighted by Crippen LogP contribution is 2.36. The summed E-state index contributed by atoms with van der Waals surface area (Å²) in [4.78, 5) is 16.0. The second-order valence-corrected chi connectivity index (χ2v) is 5.16. The van der Waals surface area contributed by atoms with Crippen molar-refractivity contribution in [2.45, 2.75) is 26.7 Å². The van der Waals surface area contributed by atoms with E-state index in [0.717, 1.165) is 19.0 Å². The zero-order valence-corrected chi connectivity index (χ0v) is 11.4. The molecular formula is C14H20FN3O. The SMILES string of the molecule is CCCNc1ncc(F)cc1C(=O)NCC1CC1C. The Morgan fingerprint density at radius 2 is 2.32 bits per heavy atom. The molecule has 5 heteroatoms. The van der Waals surface area contributed by atoms with Crippen LogP contribution in [0.1, 0.15) is 37.0 Å². The van der Waals surface area contributed by atoms with Crippen LogP contribution in [0.25, 0.3) is 0 Å². The van der Waals surface area contributed by atoms with E-state index in [-0.39, 0.29) is 11.5 Å². The van der Waals surface area contributed by atoms with E-state index in [0.29, 0.717) is 30.7 Å². The number of carbonyl (C=O) groups is 1. The third-order valence-electron chi connectivity index (χ3n) is 3.44. The van der Waals surface area contributed by atoms with Gasteiger partial charge >= 0.3 is 0 Å². The number of carbonyl (C=O) groups excluding carboxylic acids is 1. The van der Waals surface area contributed by atoms with Crippen LogP contribution in [-0.4, -0.2) is 24.0 Å². The fraction of sp³-hybridized carbons (Fsp3) is 0.571. The molecule has 1 aliphatic carbocycles. The normalized spacial score (nSPS) is 21.0. The lowest BCUT2D eigenvalue weighted by Gasteiger charge is -2.10. The number of halogens is 1. The molecule has 0 radical (unpaired) electrons. The van der Waals surface area contributed by atoms with Gasteiger partial charge in [0.2, 0.25) is 0 Å². The van der Waals surface area contributed by atoms with Gasteiger partial charge in [-0.2, -0.15) is 0 Å². The monoisotopic (exact) mass is 265 g/mol. The summed E-state index contributed by atoms with van der Waals surface area (Å²) in [7, 11) is 0. The predicted octanol–water partition coefficient (Wildman–Crippen LogP) is 2.43. The molecule has 19 heavy (non-hydrogen) atoms. The largest absolute Gasteiger partial charge is 0.369 e. The number of anilines is 1. The molecule has 1 amide bonds. The highest BCUT2D eigenvalue weighted by atomic mass is 19.1. The van der Waals surface area contributed by atoms with Crippen molar-refractivity contribution in [1.29, 1.82) is 0 Å². The molecule has 0 aromatic carbocycles. The average molecular weight is 265 g/mol. The van der Waals surface area contributed by atoms with E-state index in [9.17, 15) is 9.18 Å². The Morgan fingerprint density at radius 1 is 1.58 bits per heavy atom. The van der Waals surface area contributed by atoms with Crippen LogP contribution in [0.4, 0.5) is 10.2 Å². The lowest BCUT2D eigenvalue weighted by Crippen LogP contribution is -2.27. The van der Waals surface area contributed by atoms with Gasteiger partial charge in [0, 0.05) is 13.1 Å². The van der Waals surface area contributed by atoms with E-state index < -0.39 is 5.82 Å². The maximum atomic E-state index is 13.2. The summed E-state index contributed by atoms with van der Waals surface area (Å²) in [5, 5.41) is 5.89. The Hall–Kier alpha value is -1.65. The molecule has 2 atom stereocenters. The minimum Gasteiger partial charge on any atom is -0.369 e. The van der Waals surface area contributed by atoms with Crippen molar-refractivity contribution >= 4 is 11.7 Å². The van der Waals surface area contributed by atoms with E-state index >= 15 is 0 Å². The van der Waals surface area contributed by atoms with Crippen molar-refractivity contribution in [3.8, 4) is 0 Å². The second kappa shape index (κ2) is 5.99. The lowest BCUT2D eigenvalue weighted by molar-refractivity contribution is 0.0951. The number of nitrogens with one attached hydrogen (secondary N) is 2. The van der Waals surface area contributed by atoms with Gasteiger partial charge < -0.3 is 10.6 Å². The highest BCUT2D eigenvalue weighted by Gasteiger charge is 2.32. The van der Waals surface area contributed by atoms with Crippen LogP contribution >= 0.6 is 0 Å². The molecule has 1 heterocycles. The second-order valence-electron chi connectivity index (χ2n) is 5.16. The molecule has 1 aliphatic rings. The maximum Gasteiger partial charge on any atom is 0.255 e. The van der Waals surface area contributed by atoms with Crippen LogP contribution in [0, 0.1) is 17.7 Å². The van der Waals surface area contributed by atoms with E-state index in [2.05, 4.69) is 22.5 Å². The van der Waals surface area contributed by atoms with E-state index in [1.165, 1.54) is 6.07 Å². The van der Waals surface area contributed by atoms with Crippen LogP contribution in [0.15, 0.2) is 12.3 Å². The van der Waals surface area contributed by atoms with Gasteiger partial charge in [-0.25, -0.2) is 9.37 Å². The predicted molar refractivity (Wildman–Crippen MR) is 72.6 cm³/mol. The van der Waals surface area contributed by atoms with E-state index in [1.54, 1.807) is 0 Å². The molecular weight excluding hydrogens is 245 g/mol. The molecule has 2 N–H and O–H groups in total. The maximum absolute atomic E-state index is 13.2. The van der Waals surface area contributed by atoms with Crippen molar-refractivity contribution in [3.63, 3.8) is 0 Å². The van der Waals surface area contributed by atoms with Crippen molar-refractivity contribution in [1.82, 2.24) is 10.3 Å². The number of hydrogen-bond donors (Lipinski definition) is 2. The lowest BCUT2D eigenvalue weighted by atomic mass is 10.2. The number of aromatic nitrogens is 1. The summed E-state index contributed by atoms with van der Waals surface area (Å²) in [6, 6.07) is 1.23. The minimum absolute atomic E-state index is 0.260. The van der Waals surface area contributed by atoms with Crippen LogP contribution in [0.3, 0.4) is 0 Å². The first-order valence-electron chi connectivity index (χ1n) is 6.79. The van der Waals surface area contributed by atoms with Gasteiger partial charge in [-0.3, -0.25) is 4.79 Å². The molecule has 2 unspecified atom stereocenters. The van der Waals surface area contributed by atoms with Gasteiger partial charge in [0.15, 0.2) is 0 Å². The summed E-state index contributed by atoms with van der Waals surface area (Å²) in [5.41, 5.74) is 0.279. The first-order chi connectivity index (χ1) is 9.11. The zero-order chi connectivity index (χ0) is 13.8. The molecule has 0 saturated heterocycles. The Bertz CT molecular complexity index is 464. The third kappa shape index (κ3) is 3.66. The van der Waals surface area contributed by atoms with Crippen LogP contribution in [0.5, 0.6) is 0 Å². The average Bonchev–Trinajstić information content (AvgIpc) is 3.10. The van der Waals surface area contributed by atoms with Crippen LogP contribution in [-0.2, 0) is 0 Å². The van der Waals surface area contributed by atoms with Crippen LogP contribution < -0.4 is 10.6 Å². The summed E-state index contributed by atoms with van der Waals surface area (Å²) in [6.07, 6.45) is 3.19. The van der Waals surface area contributed by atoms with Crippen molar-refractivity contribution in [3.05, 3.63) is 23.6 Å². The summed E-state index contributed by atoms with van der Waals surface area (Å²) in [5.74, 6) is 0.947. The molecule has 1 fully saturated rings. The Kier molecular flexibility index (Phi) is 4.35. The molecule has 0 aliphatic heterocycles. The Balaban J connectivity index is 2.02. The first-order valence-corrected chi connectivity index (χ1v) is 6.79. The van der Waals surface area contributed by atoms with Gasteiger partial charge in [-0.15, -0.1) is 0 Å². The van der Waals surface area contributed by atoms with E-state index in [1.807, 2.05) is 6.92 Å². The fourth-order valence-corrected chi connectivity index (χ4v) is 2.00. The molecule has 1 saturated carbocycles. The van der Waals surface area contributed by atoms with Crippen LogP contribution in [0.2, 0.25) is 0 Å². The topological polar surface area (TPSA) is 54.0 Å². The fourth-order valence-electron chi connectivity index (χ4n) is 2.00. The van der Waals surface area contributed by atoms with Crippen molar-refractivity contribution in [2.75, 3.05) is 18.4 Å². The molecule has 0 spiro atoms. The number of rotatable bonds is 6. The standard InChI is InChI=1S/C14H20FN3O/c1-3-4-16-13-12(6-11(15)8-17-13)14(19)18-7-10-5-9(10)2/h6,8-10H,3-5,7H2,1-2H3,(H,16,17)(H,18,19). The number of amides is 1. The quantitative estimate of drug-likeness (QED) is 0.830. The summed E-state index contributed by atoms with van der Waals surface area (Å²) >= 11 is 0. The smallest absolute Gasteiger partial charge is 0.255 e. The molecule has 1 aromatic heterocycles. The highest BCUT2D eigenvalue weighted by molar-refractivity contribution is 5.98. The molecule has 104 valence electrons. The summed E-state index contributed by atoms with van der Waals surface area (Å²) in [6.45, 7) is 5.54. The Morgan fingerprint density at radius 3 is 2.95 bits per heavy atom. The van der Waals surface area contributed by atoms with Gasteiger partial charge in [0.25, 0.3) is 5.91 Å². The summed E-state index contributed by atoms with van der Waals surface area (Å²) < 4.78 is 13.2. The van der Waals surface area contributed by atoms with Gasteiger partial charge in [0.1, 0.15) is 11.6 Å². The third-order valence-corrected chi connectivity index (χ3v) is 3.44. The van der Waals surface area contributed by atoms with Gasteiger partial charge in [0.05, 0.1) is 11.8 Å². The minimum atomic E-state index is -0.494. The number of hydrogen-bond acceptors (Lipinski definition) is 3. The molecule has 0 bridgehead atoms. The van der Waals surface area contributed by atoms with Gasteiger partial charge in [-0.1, -0.05) is 13.8 Å². The number of pyridine rings is 1. The Labute approximate surface area is 112 Å².